The Morgan fingerprint density at radius 2 is 1.60 bits per heavy atom. The van der Waals surface area contributed by atoms with Crippen LogP contribution in [0.1, 0.15) is 36.3 Å². The number of carbonyl (C=O) groups excluding carboxylic acids is 2. The van der Waals surface area contributed by atoms with Crippen LogP contribution in [-0.4, -0.2) is 59.9 Å². The van der Waals surface area contributed by atoms with Crippen molar-refractivity contribution < 1.29 is 37.4 Å². The minimum atomic E-state index is -4.71. The number of benzene rings is 2. The second-order valence-corrected chi connectivity index (χ2v) is 8.88. The SMILES string of the molecule is O=C(O)CN(CC(F)(F)F)C(=O)[C@@H]1CC[C@H](NC(=O)OCC2c3ccccc3-c3ccccc32)C1. The molecule has 35 heavy (non-hydrogen) atoms. The lowest BCUT2D eigenvalue weighted by molar-refractivity contribution is -0.167. The van der Waals surface area contributed by atoms with Gasteiger partial charge >= 0.3 is 18.2 Å². The number of nitrogens with zero attached hydrogens (tertiary/aromatic N) is 1. The number of carbonyl (C=O) groups is 3. The molecule has 186 valence electrons. The van der Waals surface area contributed by atoms with E-state index >= 15 is 0 Å². The summed E-state index contributed by atoms with van der Waals surface area (Å²) in [7, 11) is 0. The number of carboxylic acids is 1. The molecule has 2 amide bonds. The first-order valence-corrected chi connectivity index (χ1v) is 11.3. The lowest BCUT2D eigenvalue weighted by Crippen LogP contribution is -2.44. The van der Waals surface area contributed by atoms with Crippen molar-refractivity contribution in [3.8, 4) is 11.1 Å². The van der Waals surface area contributed by atoms with Crippen LogP contribution >= 0.6 is 0 Å². The predicted octanol–water partition coefficient (Wildman–Crippen LogP) is 4.17. The molecule has 0 bridgehead atoms. The molecule has 2 aliphatic carbocycles. The number of alkyl halides is 3. The largest absolute Gasteiger partial charge is 0.480 e. The summed E-state index contributed by atoms with van der Waals surface area (Å²) in [6.45, 7) is -2.54. The van der Waals surface area contributed by atoms with Crippen LogP contribution in [-0.2, 0) is 14.3 Å². The monoisotopic (exact) mass is 490 g/mol. The molecule has 2 N–H and O–H groups in total. The Bertz CT molecular complexity index is 1070. The number of ether oxygens (including phenoxy) is 1. The Kier molecular flexibility index (Phi) is 7.00. The zero-order valence-electron chi connectivity index (χ0n) is 18.8. The van der Waals surface area contributed by atoms with Gasteiger partial charge in [-0.25, -0.2) is 4.79 Å². The fraction of sp³-hybridized carbons (Fsp3) is 0.400. The molecule has 0 heterocycles. The molecule has 2 aliphatic rings. The van der Waals surface area contributed by atoms with Crippen LogP contribution < -0.4 is 5.32 Å². The Hall–Kier alpha value is -3.56. The summed E-state index contributed by atoms with van der Waals surface area (Å²) >= 11 is 0. The third-order valence-electron chi connectivity index (χ3n) is 6.46. The molecule has 0 aliphatic heterocycles. The van der Waals surface area contributed by atoms with Gasteiger partial charge in [0.25, 0.3) is 0 Å². The van der Waals surface area contributed by atoms with E-state index in [1.807, 2.05) is 48.5 Å². The quantitative estimate of drug-likeness (QED) is 0.608. The highest BCUT2D eigenvalue weighted by Crippen LogP contribution is 2.44. The summed E-state index contributed by atoms with van der Waals surface area (Å²) in [5.41, 5.74) is 4.32. The van der Waals surface area contributed by atoms with E-state index in [9.17, 15) is 27.6 Å². The van der Waals surface area contributed by atoms with E-state index in [4.69, 9.17) is 9.84 Å². The highest BCUT2D eigenvalue weighted by molar-refractivity contribution is 5.83. The molecule has 0 aromatic heterocycles. The molecule has 1 fully saturated rings. The van der Waals surface area contributed by atoms with E-state index < -0.39 is 49.2 Å². The maximum Gasteiger partial charge on any atom is 0.407 e. The first kappa shape index (κ1) is 24.6. The van der Waals surface area contributed by atoms with Gasteiger partial charge in [-0.15, -0.1) is 0 Å². The maximum absolute atomic E-state index is 12.8. The summed E-state index contributed by atoms with van der Waals surface area (Å²) in [5, 5.41) is 11.6. The van der Waals surface area contributed by atoms with E-state index in [0.29, 0.717) is 11.3 Å². The van der Waals surface area contributed by atoms with Crippen LogP contribution in [0.5, 0.6) is 0 Å². The predicted molar refractivity (Wildman–Crippen MR) is 120 cm³/mol. The van der Waals surface area contributed by atoms with Crippen LogP contribution in [0.4, 0.5) is 18.0 Å². The standard InChI is InChI=1S/C25H25F3N2O5/c26-25(27,28)14-30(12-22(31)32)23(33)15-9-10-16(11-15)29-24(34)35-13-21-19-7-3-1-5-17(19)18-6-2-4-8-20(18)21/h1-8,15-16,21H,9-14H2,(H,29,34)(H,31,32)/t15-,16+/m1/s1. The van der Waals surface area contributed by atoms with Gasteiger partial charge in [0.2, 0.25) is 5.91 Å². The van der Waals surface area contributed by atoms with Gasteiger partial charge < -0.3 is 20.1 Å². The molecule has 2 aromatic rings. The van der Waals surface area contributed by atoms with Crippen molar-refractivity contribution >= 4 is 18.0 Å². The summed E-state index contributed by atoms with van der Waals surface area (Å²) in [6, 6.07) is 15.4. The van der Waals surface area contributed by atoms with Crippen LogP contribution in [0.15, 0.2) is 48.5 Å². The fourth-order valence-corrected chi connectivity index (χ4v) is 4.99. The van der Waals surface area contributed by atoms with E-state index in [1.165, 1.54) is 0 Å². The lowest BCUT2D eigenvalue weighted by atomic mass is 9.98. The fourth-order valence-electron chi connectivity index (χ4n) is 4.99. The minimum absolute atomic E-state index is 0.113. The van der Waals surface area contributed by atoms with Crippen molar-refractivity contribution in [2.45, 2.75) is 37.4 Å². The zero-order valence-corrected chi connectivity index (χ0v) is 18.8. The molecule has 0 radical (unpaired) electrons. The molecular formula is C25H25F3N2O5. The second kappa shape index (κ2) is 9.97. The number of amides is 2. The van der Waals surface area contributed by atoms with Crippen molar-refractivity contribution in [1.29, 1.82) is 0 Å². The number of nitrogens with one attached hydrogen (secondary N) is 1. The van der Waals surface area contributed by atoms with Gasteiger partial charge in [-0.2, -0.15) is 13.2 Å². The number of aliphatic carboxylic acids is 1. The minimum Gasteiger partial charge on any atom is -0.480 e. The van der Waals surface area contributed by atoms with Crippen LogP contribution in [0.25, 0.3) is 11.1 Å². The van der Waals surface area contributed by atoms with E-state index in [1.54, 1.807) is 0 Å². The Morgan fingerprint density at radius 1 is 1.00 bits per heavy atom. The van der Waals surface area contributed by atoms with Crippen molar-refractivity contribution in [1.82, 2.24) is 10.2 Å². The average Bonchev–Trinajstić information content (AvgIpc) is 3.38. The lowest BCUT2D eigenvalue weighted by Gasteiger charge is -2.25. The van der Waals surface area contributed by atoms with Gasteiger partial charge in [0.15, 0.2) is 0 Å². The smallest absolute Gasteiger partial charge is 0.407 e. The summed E-state index contributed by atoms with van der Waals surface area (Å²) in [4.78, 5) is 36.2. The normalized spacial score (nSPS) is 19.1. The first-order chi connectivity index (χ1) is 16.6. The average molecular weight is 490 g/mol. The van der Waals surface area contributed by atoms with Gasteiger partial charge in [0.05, 0.1) is 0 Å². The Balaban J connectivity index is 1.32. The molecular weight excluding hydrogens is 465 g/mol. The van der Waals surface area contributed by atoms with Crippen molar-refractivity contribution in [2.75, 3.05) is 19.7 Å². The molecule has 1 saturated carbocycles. The van der Waals surface area contributed by atoms with Crippen molar-refractivity contribution in [3.05, 3.63) is 59.7 Å². The topological polar surface area (TPSA) is 95.9 Å². The highest BCUT2D eigenvalue weighted by Gasteiger charge is 2.39. The zero-order chi connectivity index (χ0) is 25.2. The first-order valence-electron chi connectivity index (χ1n) is 11.3. The molecule has 7 nitrogen and oxygen atoms in total. The highest BCUT2D eigenvalue weighted by atomic mass is 19.4. The summed E-state index contributed by atoms with van der Waals surface area (Å²) < 4.78 is 43.9. The maximum atomic E-state index is 12.8. The van der Waals surface area contributed by atoms with Crippen molar-refractivity contribution in [3.63, 3.8) is 0 Å². The second-order valence-electron chi connectivity index (χ2n) is 8.88. The number of fused-ring (bicyclic) bond motifs is 3. The Morgan fingerprint density at radius 3 is 2.17 bits per heavy atom. The number of rotatable bonds is 7. The van der Waals surface area contributed by atoms with Gasteiger partial charge in [0, 0.05) is 17.9 Å². The van der Waals surface area contributed by atoms with Gasteiger partial charge in [-0.05, 0) is 41.5 Å². The van der Waals surface area contributed by atoms with Crippen molar-refractivity contribution in [2.24, 2.45) is 5.92 Å². The van der Waals surface area contributed by atoms with E-state index in [-0.39, 0.29) is 25.4 Å². The number of hydrogen-bond acceptors (Lipinski definition) is 4. The molecule has 2 atom stereocenters. The van der Waals surface area contributed by atoms with Gasteiger partial charge in [0.1, 0.15) is 19.7 Å². The molecule has 0 saturated heterocycles. The summed E-state index contributed by atoms with van der Waals surface area (Å²) in [5.74, 6) is -3.30. The number of alkyl carbamates (subject to hydrolysis) is 1. The molecule has 4 rings (SSSR count). The van der Waals surface area contributed by atoms with E-state index in [2.05, 4.69) is 5.32 Å². The molecule has 0 unspecified atom stereocenters. The molecule has 10 heteroatoms. The molecule has 0 spiro atoms. The van der Waals surface area contributed by atoms with Crippen LogP contribution in [0.2, 0.25) is 0 Å². The summed E-state index contributed by atoms with van der Waals surface area (Å²) in [6.07, 6.45) is -4.61. The molecule has 2 aromatic carbocycles. The van der Waals surface area contributed by atoms with Crippen LogP contribution in [0, 0.1) is 5.92 Å². The van der Waals surface area contributed by atoms with Gasteiger partial charge in [-0.3, -0.25) is 9.59 Å². The number of carboxylic acid groups (broad SMARTS) is 1. The number of halogens is 3. The van der Waals surface area contributed by atoms with Crippen LogP contribution in [0.3, 0.4) is 0 Å². The van der Waals surface area contributed by atoms with Gasteiger partial charge in [-0.1, -0.05) is 48.5 Å². The van der Waals surface area contributed by atoms with E-state index in [0.717, 1.165) is 22.3 Å². The third-order valence-corrected chi connectivity index (χ3v) is 6.46. The third kappa shape index (κ3) is 5.75. The number of hydrogen-bond donors (Lipinski definition) is 2. The Labute approximate surface area is 199 Å².